The molecule has 0 aliphatic rings. The van der Waals surface area contributed by atoms with Crippen molar-refractivity contribution in [2.45, 2.75) is 12.8 Å². The van der Waals surface area contributed by atoms with Crippen LogP contribution < -0.4 is 5.32 Å². The first kappa shape index (κ1) is 12.4. The maximum atomic E-state index is 12.5. The van der Waals surface area contributed by atoms with E-state index in [1.807, 2.05) is 0 Å². The Morgan fingerprint density at radius 1 is 1.47 bits per heavy atom. The number of hydrogen-bond acceptors (Lipinski definition) is 2. The van der Waals surface area contributed by atoms with E-state index < -0.39 is 5.82 Å². The van der Waals surface area contributed by atoms with Crippen LogP contribution in [0.2, 0.25) is 0 Å². The molecule has 0 radical (unpaired) electrons. The fraction of sp³-hybridized carbons (Fsp3) is 0.400. The molecule has 1 N–H and O–H groups in total. The van der Waals surface area contributed by atoms with Crippen molar-refractivity contribution < 1.29 is 9.18 Å². The Labute approximate surface area is 102 Å². The fourth-order valence-corrected chi connectivity index (χ4v) is 1.56. The van der Waals surface area contributed by atoms with Gasteiger partial charge in [-0.25, -0.2) is 9.37 Å². The lowest BCUT2D eigenvalue weighted by Crippen LogP contribution is -2.25. The molecule has 5 heteroatoms. The molecular weight excluding hydrogens is 310 g/mol. The molecule has 0 saturated heterocycles. The summed E-state index contributed by atoms with van der Waals surface area (Å²) in [6.45, 7) is 0.640. The van der Waals surface area contributed by atoms with E-state index >= 15 is 0 Å². The summed E-state index contributed by atoms with van der Waals surface area (Å²) in [5.74, 6) is -0.681. The van der Waals surface area contributed by atoms with Crippen LogP contribution in [0.4, 0.5) is 4.39 Å². The van der Waals surface area contributed by atoms with E-state index in [2.05, 4.69) is 32.9 Å². The van der Waals surface area contributed by atoms with Gasteiger partial charge < -0.3 is 5.32 Å². The van der Waals surface area contributed by atoms with Gasteiger partial charge in [0.1, 0.15) is 11.5 Å². The number of rotatable bonds is 5. The lowest BCUT2D eigenvalue weighted by molar-refractivity contribution is 0.0948. The van der Waals surface area contributed by atoms with Crippen LogP contribution in [-0.4, -0.2) is 21.9 Å². The number of carbonyl (C=O) groups is 1. The Bertz CT molecular complexity index is 316. The summed E-state index contributed by atoms with van der Waals surface area (Å²) in [5, 5.41) is 2.73. The van der Waals surface area contributed by atoms with Gasteiger partial charge in [0.2, 0.25) is 0 Å². The summed E-state index contributed by atoms with van der Waals surface area (Å²) >= 11 is 2.29. The molecule has 1 rings (SSSR count). The minimum absolute atomic E-state index is 0.247. The Morgan fingerprint density at radius 2 is 2.27 bits per heavy atom. The predicted molar refractivity (Wildman–Crippen MR) is 64.6 cm³/mol. The molecule has 15 heavy (non-hydrogen) atoms. The van der Waals surface area contributed by atoms with Crippen LogP contribution in [0.1, 0.15) is 23.3 Å². The minimum atomic E-state index is -0.434. The van der Waals surface area contributed by atoms with Crippen LogP contribution in [-0.2, 0) is 0 Å². The molecule has 0 fully saturated rings. The van der Waals surface area contributed by atoms with E-state index in [0.29, 0.717) is 6.54 Å². The molecule has 0 saturated carbocycles. The maximum Gasteiger partial charge on any atom is 0.269 e. The highest BCUT2D eigenvalue weighted by molar-refractivity contribution is 14.1. The van der Waals surface area contributed by atoms with E-state index in [0.717, 1.165) is 23.5 Å². The van der Waals surface area contributed by atoms with Gasteiger partial charge in [0.15, 0.2) is 0 Å². The molecule has 0 unspecified atom stereocenters. The van der Waals surface area contributed by atoms with Crippen molar-refractivity contribution in [3.05, 3.63) is 29.8 Å². The van der Waals surface area contributed by atoms with Gasteiger partial charge >= 0.3 is 0 Å². The van der Waals surface area contributed by atoms with Gasteiger partial charge in [0.05, 0.1) is 6.20 Å². The Morgan fingerprint density at radius 3 is 2.87 bits per heavy atom. The first-order chi connectivity index (χ1) is 7.24. The molecule has 1 heterocycles. The van der Waals surface area contributed by atoms with Crippen LogP contribution in [0.3, 0.4) is 0 Å². The van der Waals surface area contributed by atoms with E-state index in [-0.39, 0.29) is 11.6 Å². The number of nitrogens with zero attached hydrogens (tertiary/aromatic N) is 1. The number of aromatic nitrogens is 1. The normalized spacial score (nSPS) is 10.0. The summed E-state index contributed by atoms with van der Waals surface area (Å²) in [6, 6.07) is 2.61. The number of nitrogens with one attached hydrogen (secondary N) is 1. The largest absolute Gasteiger partial charge is 0.351 e. The quantitative estimate of drug-likeness (QED) is 0.513. The van der Waals surface area contributed by atoms with E-state index in [9.17, 15) is 9.18 Å². The van der Waals surface area contributed by atoms with Crippen molar-refractivity contribution in [3.8, 4) is 0 Å². The number of carbonyl (C=O) groups excluding carboxylic acids is 1. The third-order valence-corrected chi connectivity index (χ3v) is 2.57. The molecule has 0 spiro atoms. The van der Waals surface area contributed by atoms with Gasteiger partial charge in [-0.3, -0.25) is 4.79 Å². The van der Waals surface area contributed by atoms with Crippen molar-refractivity contribution in [3.63, 3.8) is 0 Å². The molecule has 3 nitrogen and oxygen atoms in total. The number of hydrogen-bond donors (Lipinski definition) is 1. The SMILES string of the molecule is O=C(NCCCCI)c1ccc(F)cn1. The van der Waals surface area contributed by atoms with Gasteiger partial charge in [-0.05, 0) is 29.4 Å². The number of unbranched alkanes of at least 4 members (excludes halogenated alkanes) is 1. The lowest BCUT2D eigenvalue weighted by Gasteiger charge is -2.03. The van der Waals surface area contributed by atoms with E-state index in [1.165, 1.54) is 12.1 Å². The molecule has 0 aromatic carbocycles. The van der Waals surface area contributed by atoms with Crippen molar-refractivity contribution in [2.24, 2.45) is 0 Å². The second kappa shape index (κ2) is 6.71. The summed E-state index contributed by atoms with van der Waals surface area (Å²) in [4.78, 5) is 15.1. The van der Waals surface area contributed by atoms with Crippen LogP contribution in [0.15, 0.2) is 18.3 Å². The van der Waals surface area contributed by atoms with Crippen LogP contribution in [0.5, 0.6) is 0 Å². The Balaban J connectivity index is 2.37. The van der Waals surface area contributed by atoms with Crippen LogP contribution in [0.25, 0.3) is 0 Å². The highest BCUT2D eigenvalue weighted by Crippen LogP contribution is 1.98. The van der Waals surface area contributed by atoms with Crippen molar-refractivity contribution >= 4 is 28.5 Å². The number of pyridine rings is 1. The molecule has 1 amide bonds. The maximum absolute atomic E-state index is 12.5. The molecule has 0 atom stereocenters. The average molecular weight is 322 g/mol. The number of halogens is 2. The molecule has 0 aliphatic carbocycles. The Kier molecular flexibility index (Phi) is 5.52. The summed E-state index contributed by atoms with van der Waals surface area (Å²) < 4.78 is 13.6. The van der Waals surface area contributed by atoms with Gasteiger partial charge in [-0.15, -0.1) is 0 Å². The lowest BCUT2D eigenvalue weighted by atomic mass is 10.3. The van der Waals surface area contributed by atoms with Crippen molar-refractivity contribution in [1.29, 1.82) is 0 Å². The van der Waals surface area contributed by atoms with Crippen LogP contribution >= 0.6 is 22.6 Å². The smallest absolute Gasteiger partial charge is 0.269 e. The highest BCUT2D eigenvalue weighted by Gasteiger charge is 2.05. The van der Waals surface area contributed by atoms with Gasteiger partial charge in [0, 0.05) is 6.54 Å². The zero-order valence-corrected chi connectivity index (χ0v) is 10.3. The van der Waals surface area contributed by atoms with E-state index in [1.54, 1.807) is 0 Å². The van der Waals surface area contributed by atoms with Crippen molar-refractivity contribution in [2.75, 3.05) is 11.0 Å². The van der Waals surface area contributed by atoms with E-state index in [4.69, 9.17) is 0 Å². The zero-order valence-electron chi connectivity index (χ0n) is 8.17. The van der Waals surface area contributed by atoms with Gasteiger partial charge in [-0.2, -0.15) is 0 Å². The topological polar surface area (TPSA) is 42.0 Å². The monoisotopic (exact) mass is 322 g/mol. The molecule has 0 aliphatic heterocycles. The average Bonchev–Trinajstić information content (AvgIpc) is 2.25. The molecule has 82 valence electrons. The number of amides is 1. The Hall–Kier alpha value is -0.720. The van der Waals surface area contributed by atoms with Crippen LogP contribution in [0, 0.1) is 5.82 Å². The van der Waals surface area contributed by atoms with Gasteiger partial charge in [-0.1, -0.05) is 22.6 Å². The first-order valence-corrected chi connectivity index (χ1v) is 6.22. The zero-order chi connectivity index (χ0) is 11.1. The summed E-state index contributed by atoms with van der Waals surface area (Å²) in [6.07, 6.45) is 3.08. The molecular formula is C10H12FIN2O. The van der Waals surface area contributed by atoms with Gasteiger partial charge in [0.25, 0.3) is 5.91 Å². The molecule has 1 aromatic heterocycles. The van der Waals surface area contributed by atoms with Crippen molar-refractivity contribution in [1.82, 2.24) is 10.3 Å². The second-order valence-electron chi connectivity index (χ2n) is 3.01. The molecule has 1 aromatic rings. The summed E-state index contributed by atoms with van der Waals surface area (Å²) in [5.41, 5.74) is 0.255. The predicted octanol–water partition coefficient (Wildman–Crippen LogP) is 2.17. The minimum Gasteiger partial charge on any atom is -0.351 e. The standard InChI is InChI=1S/C10H12FIN2O/c11-8-3-4-9(14-7-8)10(15)13-6-2-1-5-12/h3-4,7H,1-2,5-6H2,(H,13,15). The fourth-order valence-electron chi connectivity index (χ4n) is 1.02. The second-order valence-corrected chi connectivity index (χ2v) is 4.09. The summed E-state index contributed by atoms with van der Waals surface area (Å²) in [7, 11) is 0. The number of alkyl halides is 1. The third-order valence-electron chi connectivity index (χ3n) is 1.81. The first-order valence-electron chi connectivity index (χ1n) is 4.70. The third kappa shape index (κ3) is 4.55. The highest BCUT2D eigenvalue weighted by atomic mass is 127. The molecule has 0 bridgehead atoms.